The van der Waals surface area contributed by atoms with Crippen molar-refractivity contribution in [2.75, 3.05) is 13.7 Å². The van der Waals surface area contributed by atoms with Gasteiger partial charge in [-0.25, -0.2) is 13.1 Å². The monoisotopic (exact) mass is 362 g/mol. The number of carbonyl (C=O) groups excluding carboxylic acids is 1. The Kier molecular flexibility index (Phi) is 6.17. The Hall–Kier alpha value is -2.38. The molecule has 0 radical (unpaired) electrons. The third kappa shape index (κ3) is 4.80. The van der Waals surface area contributed by atoms with E-state index >= 15 is 0 Å². The first-order valence-corrected chi connectivity index (χ1v) is 9.43. The number of nitrogens with one attached hydrogen (secondary N) is 2. The van der Waals surface area contributed by atoms with Crippen LogP contribution in [0.25, 0.3) is 0 Å². The van der Waals surface area contributed by atoms with Crippen molar-refractivity contribution >= 4 is 15.9 Å². The second-order valence-corrected chi connectivity index (χ2v) is 7.32. The predicted octanol–water partition coefficient (Wildman–Crippen LogP) is 2.48. The van der Waals surface area contributed by atoms with Gasteiger partial charge in [-0.15, -0.1) is 0 Å². The molecule has 2 aromatic carbocycles. The average molecular weight is 362 g/mol. The van der Waals surface area contributed by atoms with Crippen LogP contribution in [0.1, 0.15) is 35.8 Å². The molecule has 0 saturated heterocycles. The predicted molar refractivity (Wildman–Crippen MR) is 96.2 cm³/mol. The second-order valence-electron chi connectivity index (χ2n) is 5.43. The molecule has 1 amide bonds. The molecule has 0 aliphatic heterocycles. The Bertz CT molecular complexity index is 815. The molecule has 0 bridgehead atoms. The zero-order chi connectivity index (χ0) is 18.4. The third-order valence-corrected chi connectivity index (χ3v) is 5.16. The molecule has 0 saturated carbocycles. The van der Waals surface area contributed by atoms with Gasteiger partial charge in [-0.05, 0) is 62.9 Å². The normalized spacial score (nSPS) is 12.4. The molecular weight excluding hydrogens is 340 g/mol. The van der Waals surface area contributed by atoms with Crippen molar-refractivity contribution in [3.8, 4) is 5.75 Å². The van der Waals surface area contributed by atoms with Gasteiger partial charge in [-0.1, -0.05) is 12.1 Å². The summed E-state index contributed by atoms with van der Waals surface area (Å²) in [5.74, 6) is 0.515. The minimum absolute atomic E-state index is 0.117. The zero-order valence-corrected chi connectivity index (χ0v) is 15.3. The van der Waals surface area contributed by atoms with E-state index in [1.165, 1.54) is 31.3 Å². The van der Waals surface area contributed by atoms with E-state index < -0.39 is 10.0 Å². The van der Waals surface area contributed by atoms with Crippen molar-refractivity contribution in [1.82, 2.24) is 10.0 Å². The molecule has 25 heavy (non-hydrogen) atoms. The average Bonchev–Trinajstić information content (AvgIpc) is 2.62. The summed E-state index contributed by atoms with van der Waals surface area (Å²) >= 11 is 0. The van der Waals surface area contributed by atoms with Gasteiger partial charge in [0.2, 0.25) is 10.0 Å². The molecule has 2 rings (SSSR count). The highest BCUT2D eigenvalue weighted by Crippen LogP contribution is 2.18. The van der Waals surface area contributed by atoms with Crippen molar-refractivity contribution in [2.45, 2.75) is 24.8 Å². The second kappa shape index (κ2) is 8.13. The van der Waals surface area contributed by atoms with Crippen molar-refractivity contribution in [3.05, 3.63) is 59.7 Å². The molecule has 134 valence electrons. The number of benzene rings is 2. The fourth-order valence-corrected chi connectivity index (χ4v) is 3.02. The van der Waals surface area contributed by atoms with Gasteiger partial charge in [0.1, 0.15) is 5.75 Å². The van der Waals surface area contributed by atoms with Crippen LogP contribution >= 0.6 is 0 Å². The molecule has 0 aromatic heterocycles. The largest absolute Gasteiger partial charge is 0.494 e. The SMILES string of the molecule is CCOc1ccc(C(C)NC(=O)c2ccc(S(=O)(=O)NC)cc2)cc1. The highest BCUT2D eigenvalue weighted by molar-refractivity contribution is 7.89. The van der Waals surface area contributed by atoms with Crippen molar-refractivity contribution in [1.29, 1.82) is 0 Å². The van der Waals surface area contributed by atoms with E-state index in [-0.39, 0.29) is 16.8 Å². The Morgan fingerprint density at radius 3 is 2.20 bits per heavy atom. The first-order chi connectivity index (χ1) is 11.9. The number of sulfonamides is 1. The van der Waals surface area contributed by atoms with Crippen molar-refractivity contribution in [3.63, 3.8) is 0 Å². The van der Waals surface area contributed by atoms with Crippen LogP contribution in [0.2, 0.25) is 0 Å². The van der Waals surface area contributed by atoms with E-state index in [0.29, 0.717) is 12.2 Å². The molecule has 2 N–H and O–H groups in total. The molecular formula is C18H22N2O4S. The van der Waals surface area contributed by atoms with Crippen LogP contribution in [0, 0.1) is 0 Å². The fraction of sp³-hybridized carbons (Fsp3) is 0.278. The first kappa shape index (κ1) is 19.0. The zero-order valence-electron chi connectivity index (χ0n) is 14.4. The maximum atomic E-state index is 12.3. The summed E-state index contributed by atoms with van der Waals surface area (Å²) in [7, 11) is -2.17. The lowest BCUT2D eigenvalue weighted by Gasteiger charge is -2.15. The Labute approximate surface area is 148 Å². The minimum atomic E-state index is -3.51. The van der Waals surface area contributed by atoms with E-state index in [9.17, 15) is 13.2 Å². The van der Waals surface area contributed by atoms with Gasteiger partial charge in [-0.3, -0.25) is 4.79 Å². The standard InChI is InChI=1S/C18H22N2O4S/c1-4-24-16-9-5-14(6-10-16)13(2)20-18(21)15-7-11-17(12-8-15)25(22,23)19-3/h5-13,19H,4H2,1-3H3,(H,20,21). The number of rotatable bonds is 7. The summed E-state index contributed by atoms with van der Waals surface area (Å²) in [6.07, 6.45) is 0. The lowest BCUT2D eigenvalue weighted by Crippen LogP contribution is -2.26. The summed E-state index contributed by atoms with van der Waals surface area (Å²) in [5, 5.41) is 2.89. The summed E-state index contributed by atoms with van der Waals surface area (Å²) in [4.78, 5) is 12.4. The molecule has 6 nitrogen and oxygen atoms in total. The Balaban J connectivity index is 2.05. The highest BCUT2D eigenvalue weighted by atomic mass is 32.2. The summed E-state index contributed by atoms with van der Waals surface area (Å²) < 4.78 is 31.0. The highest BCUT2D eigenvalue weighted by Gasteiger charge is 2.14. The van der Waals surface area contributed by atoms with Crippen LogP contribution in [0.5, 0.6) is 5.75 Å². The topological polar surface area (TPSA) is 84.5 Å². The number of carbonyl (C=O) groups is 1. The van der Waals surface area contributed by atoms with E-state index in [0.717, 1.165) is 11.3 Å². The maximum absolute atomic E-state index is 12.3. The van der Waals surface area contributed by atoms with E-state index in [1.54, 1.807) is 0 Å². The molecule has 0 spiro atoms. The molecule has 0 fully saturated rings. The van der Waals surface area contributed by atoms with Gasteiger partial charge in [-0.2, -0.15) is 0 Å². The summed E-state index contributed by atoms with van der Waals surface area (Å²) in [6.45, 7) is 4.40. The van der Waals surface area contributed by atoms with Crippen LogP contribution in [0.4, 0.5) is 0 Å². The third-order valence-electron chi connectivity index (χ3n) is 3.73. The van der Waals surface area contributed by atoms with Crippen LogP contribution in [0.15, 0.2) is 53.4 Å². The van der Waals surface area contributed by atoms with Gasteiger partial charge in [0, 0.05) is 5.56 Å². The van der Waals surface area contributed by atoms with Crippen molar-refractivity contribution in [2.24, 2.45) is 0 Å². The molecule has 1 atom stereocenters. The molecule has 7 heteroatoms. The maximum Gasteiger partial charge on any atom is 0.251 e. The molecule has 1 unspecified atom stereocenters. The van der Waals surface area contributed by atoms with E-state index in [1.807, 2.05) is 38.1 Å². The van der Waals surface area contributed by atoms with Crippen LogP contribution in [-0.2, 0) is 10.0 Å². The summed E-state index contributed by atoms with van der Waals surface area (Å²) in [6, 6.07) is 13.1. The molecule has 0 aliphatic rings. The number of hydrogen-bond donors (Lipinski definition) is 2. The van der Waals surface area contributed by atoms with Crippen LogP contribution < -0.4 is 14.8 Å². The number of amides is 1. The number of ether oxygens (including phenoxy) is 1. The quantitative estimate of drug-likeness (QED) is 0.792. The first-order valence-electron chi connectivity index (χ1n) is 7.94. The van der Waals surface area contributed by atoms with Crippen LogP contribution in [0.3, 0.4) is 0 Å². The van der Waals surface area contributed by atoms with Gasteiger partial charge in [0.15, 0.2) is 0 Å². The van der Waals surface area contributed by atoms with Gasteiger partial charge in [0.25, 0.3) is 5.91 Å². The smallest absolute Gasteiger partial charge is 0.251 e. The Morgan fingerprint density at radius 1 is 1.08 bits per heavy atom. The van der Waals surface area contributed by atoms with Gasteiger partial charge in [0.05, 0.1) is 17.5 Å². The lowest BCUT2D eigenvalue weighted by molar-refractivity contribution is 0.0940. The van der Waals surface area contributed by atoms with Crippen LogP contribution in [-0.4, -0.2) is 28.0 Å². The Morgan fingerprint density at radius 2 is 1.68 bits per heavy atom. The van der Waals surface area contributed by atoms with Gasteiger partial charge < -0.3 is 10.1 Å². The minimum Gasteiger partial charge on any atom is -0.494 e. The fourth-order valence-electron chi connectivity index (χ4n) is 2.29. The molecule has 0 heterocycles. The molecule has 0 aliphatic carbocycles. The van der Waals surface area contributed by atoms with E-state index in [2.05, 4.69) is 10.0 Å². The van der Waals surface area contributed by atoms with E-state index in [4.69, 9.17) is 4.74 Å². The summed E-state index contributed by atoms with van der Waals surface area (Å²) in [5.41, 5.74) is 1.35. The number of hydrogen-bond acceptors (Lipinski definition) is 4. The lowest BCUT2D eigenvalue weighted by atomic mass is 10.1. The molecule has 2 aromatic rings. The van der Waals surface area contributed by atoms with Gasteiger partial charge >= 0.3 is 0 Å². The van der Waals surface area contributed by atoms with Crippen molar-refractivity contribution < 1.29 is 17.9 Å².